The highest BCUT2D eigenvalue weighted by Crippen LogP contribution is 2.62. The molecule has 3 aliphatic rings. The molecule has 0 fully saturated rings. The highest BCUT2D eigenvalue weighted by Gasteiger charge is 2.51. The summed E-state index contributed by atoms with van der Waals surface area (Å²) in [6.07, 6.45) is -11.3. The molecule has 344 valence electrons. The standard InChI is InChI=1S/C45H38O21/c46-15-7-18(48)30-29(8-15)64-42(13-3-24(54)37(60)25(55)4-13)39(62)34(30)32-20(50)11-21(51)33-35(40(63)43(66-45(32)33)14-5-26(56)38(61)27(57)6-14)31-19(49)10-17(47)16-9-28(58)41(65-44(16)31)12-1-22(52)36(59)23(53)2-12/h1-8,10-11,28,34-35,39-43,46-63H,9H2/t28-,34+,35-,39+,40+,41-,42-,43-/m1/s1. The van der Waals surface area contributed by atoms with Gasteiger partial charge in [0.15, 0.2) is 70.1 Å². The molecule has 9 rings (SSSR count). The molecule has 8 atom stereocenters. The minimum absolute atomic E-state index is 0.131. The van der Waals surface area contributed by atoms with E-state index in [0.29, 0.717) is 0 Å². The predicted molar refractivity (Wildman–Crippen MR) is 219 cm³/mol. The van der Waals surface area contributed by atoms with Gasteiger partial charge in [0.1, 0.15) is 64.0 Å². The highest BCUT2D eigenvalue weighted by atomic mass is 16.5. The Hall–Kier alpha value is -8.40. The van der Waals surface area contributed by atoms with E-state index >= 15 is 0 Å². The first kappa shape index (κ1) is 42.9. The lowest BCUT2D eigenvalue weighted by atomic mass is 9.73. The zero-order valence-electron chi connectivity index (χ0n) is 33.4. The molecule has 0 saturated carbocycles. The fourth-order valence-electron chi connectivity index (χ4n) is 9.16. The average Bonchev–Trinajstić information content (AvgIpc) is 3.24. The third kappa shape index (κ3) is 6.51. The zero-order chi connectivity index (χ0) is 47.5. The summed E-state index contributed by atoms with van der Waals surface area (Å²) in [5.41, 5.74) is -2.62. The Kier molecular flexibility index (Phi) is 9.82. The second kappa shape index (κ2) is 15.1. The van der Waals surface area contributed by atoms with E-state index < -0.39 is 169 Å². The molecule has 0 saturated heterocycles. The summed E-state index contributed by atoms with van der Waals surface area (Å²) >= 11 is 0. The molecule has 0 bridgehead atoms. The molecular weight excluding hydrogens is 876 g/mol. The molecule has 66 heavy (non-hydrogen) atoms. The van der Waals surface area contributed by atoms with E-state index in [1.54, 1.807) is 0 Å². The monoisotopic (exact) mass is 914 g/mol. The lowest BCUT2D eigenvalue weighted by molar-refractivity contribution is -0.00571. The van der Waals surface area contributed by atoms with Crippen molar-refractivity contribution in [2.24, 2.45) is 0 Å². The normalized spacial score (nSPS) is 23.1. The van der Waals surface area contributed by atoms with Crippen LogP contribution in [-0.2, 0) is 6.42 Å². The SMILES string of the molecule is Oc1cc(O)c2c(c1)O[C@H](c1cc(O)c(O)c(O)c1)[C@@H](O)[C@@H]2c1c(O)cc(O)c2c1O[C@H](c1cc(O)c(O)c(O)c1)[C@@H](O)[C@@H]2c1c(O)cc(O)c2c1O[C@H](c1cc(O)c(O)c(O)c1)[C@H](O)C2. The van der Waals surface area contributed by atoms with Gasteiger partial charge in [-0.25, -0.2) is 0 Å². The smallest absolute Gasteiger partial charge is 0.200 e. The van der Waals surface area contributed by atoms with Gasteiger partial charge in [-0.3, -0.25) is 0 Å². The molecular formula is C45H38O21. The number of hydrogen-bond acceptors (Lipinski definition) is 21. The van der Waals surface area contributed by atoms with Crippen molar-refractivity contribution in [3.8, 4) is 103 Å². The minimum Gasteiger partial charge on any atom is -0.508 e. The Balaban J connectivity index is 1.32. The van der Waals surface area contributed by atoms with Crippen LogP contribution < -0.4 is 14.2 Å². The van der Waals surface area contributed by atoms with Crippen molar-refractivity contribution in [1.29, 1.82) is 0 Å². The van der Waals surface area contributed by atoms with Crippen LogP contribution in [-0.4, -0.2) is 110 Å². The zero-order valence-corrected chi connectivity index (χ0v) is 33.4. The van der Waals surface area contributed by atoms with Gasteiger partial charge < -0.3 is 106 Å². The topological polar surface area (TPSA) is 392 Å². The number of aliphatic hydroxyl groups excluding tert-OH is 3. The number of aliphatic hydroxyl groups is 3. The first-order chi connectivity index (χ1) is 31.2. The fourth-order valence-corrected chi connectivity index (χ4v) is 9.16. The Morgan fingerprint density at radius 3 is 1.18 bits per heavy atom. The lowest BCUT2D eigenvalue weighted by Crippen LogP contribution is -2.39. The first-order valence-corrected chi connectivity index (χ1v) is 19.7. The van der Waals surface area contributed by atoms with Crippen LogP contribution in [0.2, 0.25) is 0 Å². The number of phenolic OH excluding ortho intramolecular Hbond substituents is 15. The Bertz CT molecular complexity index is 2940. The average molecular weight is 915 g/mol. The number of benzene rings is 6. The third-order valence-electron chi connectivity index (χ3n) is 12.1. The van der Waals surface area contributed by atoms with Crippen molar-refractivity contribution in [2.75, 3.05) is 0 Å². The maximum atomic E-state index is 12.5. The number of ether oxygens (including phenoxy) is 3. The van der Waals surface area contributed by atoms with Gasteiger partial charge in [0.2, 0.25) is 0 Å². The summed E-state index contributed by atoms with van der Waals surface area (Å²) in [4.78, 5) is 0. The Morgan fingerprint density at radius 2 is 0.712 bits per heavy atom. The van der Waals surface area contributed by atoms with Crippen LogP contribution in [0, 0.1) is 0 Å². The maximum Gasteiger partial charge on any atom is 0.200 e. The molecule has 0 unspecified atom stereocenters. The Morgan fingerprint density at radius 1 is 0.348 bits per heavy atom. The van der Waals surface area contributed by atoms with E-state index in [4.69, 9.17) is 14.2 Å². The van der Waals surface area contributed by atoms with E-state index in [1.165, 1.54) is 0 Å². The van der Waals surface area contributed by atoms with Gasteiger partial charge in [-0.05, 0) is 36.4 Å². The third-order valence-corrected chi connectivity index (χ3v) is 12.1. The van der Waals surface area contributed by atoms with Crippen LogP contribution in [0.25, 0.3) is 0 Å². The summed E-state index contributed by atoms with van der Waals surface area (Å²) in [5, 5.41) is 198. The highest BCUT2D eigenvalue weighted by molar-refractivity contribution is 5.71. The molecule has 6 aromatic rings. The van der Waals surface area contributed by atoms with Gasteiger partial charge in [-0.2, -0.15) is 0 Å². The summed E-state index contributed by atoms with van der Waals surface area (Å²) in [5.74, 6) is -17.6. The second-order valence-electron chi connectivity index (χ2n) is 16.1. The van der Waals surface area contributed by atoms with Crippen LogP contribution in [0.1, 0.15) is 74.7 Å². The molecule has 0 spiro atoms. The quantitative estimate of drug-likeness (QED) is 0.110. The molecule has 0 aromatic heterocycles. The number of aromatic hydroxyl groups is 15. The van der Waals surface area contributed by atoms with Gasteiger partial charge in [0.25, 0.3) is 0 Å². The Labute approximate surface area is 369 Å². The van der Waals surface area contributed by atoms with Crippen molar-refractivity contribution in [3.63, 3.8) is 0 Å². The van der Waals surface area contributed by atoms with E-state index in [2.05, 4.69) is 0 Å². The minimum atomic E-state index is -2.09. The van der Waals surface area contributed by atoms with Gasteiger partial charge >= 0.3 is 0 Å². The van der Waals surface area contributed by atoms with E-state index in [9.17, 15) is 91.9 Å². The molecule has 6 aromatic carbocycles. The van der Waals surface area contributed by atoms with Crippen molar-refractivity contribution >= 4 is 0 Å². The van der Waals surface area contributed by atoms with Gasteiger partial charge in [0, 0.05) is 75.2 Å². The lowest BCUT2D eigenvalue weighted by Gasteiger charge is -2.43. The van der Waals surface area contributed by atoms with Crippen LogP contribution >= 0.6 is 0 Å². The van der Waals surface area contributed by atoms with Gasteiger partial charge in [-0.1, -0.05) is 0 Å². The van der Waals surface area contributed by atoms with Crippen molar-refractivity contribution < 1.29 is 106 Å². The molecule has 0 amide bonds. The van der Waals surface area contributed by atoms with Crippen molar-refractivity contribution in [3.05, 3.63) is 105 Å². The number of phenols is 15. The predicted octanol–water partition coefficient (Wildman–Crippen LogP) is 3.56. The molecule has 21 heteroatoms. The van der Waals surface area contributed by atoms with Gasteiger partial charge in [-0.15, -0.1) is 0 Å². The van der Waals surface area contributed by atoms with Gasteiger partial charge in [0.05, 0.1) is 17.9 Å². The molecule has 3 heterocycles. The fraction of sp³-hybridized carbons (Fsp3) is 0.200. The molecule has 0 aliphatic carbocycles. The first-order valence-electron chi connectivity index (χ1n) is 19.7. The molecule has 18 N–H and O–H groups in total. The van der Waals surface area contributed by atoms with E-state index in [0.717, 1.165) is 60.7 Å². The molecule has 0 radical (unpaired) electrons. The summed E-state index contributed by atoms with van der Waals surface area (Å²) in [7, 11) is 0. The van der Waals surface area contributed by atoms with Crippen LogP contribution in [0.4, 0.5) is 0 Å². The summed E-state index contributed by atoms with van der Waals surface area (Å²) in [6.45, 7) is 0. The summed E-state index contributed by atoms with van der Waals surface area (Å²) < 4.78 is 18.6. The molecule has 3 aliphatic heterocycles. The number of hydrogen-bond donors (Lipinski definition) is 18. The number of fused-ring (bicyclic) bond motifs is 3. The van der Waals surface area contributed by atoms with Crippen LogP contribution in [0.5, 0.6) is 103 Å². The van der Waals surface area contributed by atoms with Crippen molar-refractivity contribution in [2.45, 2.75) is 54.9 Å². The number of rotatable bonds is 5. The van der Waals surface area contributed by atoms with E-state index in [-0.39, 0.29) is 33.6 Å². The summed E-state index contributed by atoms with van der Waals surface area (Å²) in [6, 6.07) is 8.95. The van der Waals surface area contributed by atoms with Crippen LogP contribution in [0.3, 0.4) is 0 Å². The van der Waals surface area contributed by atoms with Crippen molar-refractivity contribution in [1.82, 2.24) is 0 Å². The largest absolute Gasteiger partial charge is 0.508 e. The molecule has 21 nitrogen and oxygen atoms in total. The van der Waals surface area contributed by atoms with Crippen LogP contribution in [0.15, 0.2) is 60.7 Å². The van der Waals surface area contributed by atoms with E-state index in [1.807, 2.05) is 0 Å². The second-order valence-corrected chi connectivity index (χ2v) is 16.1. The maximum absolute atomic E-state index is 12.5.